The number of rotatable bonds is 3. The van der Waals surface area contributed by atoms with Crippen LogP contribution in [0.3, 0.4) is 0 Å². The van der Waals surface area contributed by atoms with Gasteiger partial charge in [0.05, 0.1) is 10.4 Å². The first-order valence-corrected chi connectivity index (χ1v) is 8.77. The lowest BCUT2D eigenvalue weighted by Crippen LogP contribution is -2.44. The first-order valence-electron chi connectivity index (χ1n) is 7.33. The van der Waals surface area contributed by atoms with Gasteiger partial charge in [0.1, 0.15) is 5.82 Å². The van der Waals surface area contributed by atoms with Crippen molar-refractivity contribution in [1.29, 1.82) is 0 Å². The molecule has 0 amide bonds. The maximum atomic E-state index is 13.0. The molecule has 1 fully saturated rings. The molecule has 3 rings (SSSR count). The number of aryl methyl sites for hydroxylation is 1. The first-order chi connectivity index (χ1) is 10.4. The summed E-state index contributed by atoms with van der Waals surface area (Å²) in [5, 5.41) is 0. The smallest absolute Gasteiger partial charge is 0.239 e. The highest BCUT2D eigenvalue weighted by Crippen LogP contribution is 2.40. The standard InChI is InChI=1S/C16H19N3O2S/c1-13-9-11-17-15(18-13)16(2)10-6-12-19(16)22(20,21)14-7-4-3-5-8-14/h3-5,7-9,11H,6,10,12H2,1-2H3/t16-/m1/s1. The molecule has 0 spiro atoms. The highest BCUT2D eigenvalue weighted by molar-refractivity contribution is 7.89. The molecule has 1 aliphatic heterocycles. The summed E-state index contributed by atoms with van der Waals surface area (Å²) < 4.78 is 27.5. The Morgan fingerprint density at radius 1 is 1.18 bits per heavy atom. The van der Waals surface area contributed by atoms with Crippen LogP contribution in [0.4, 0.5) is 0 Å². The number of hydrogen-bond donors (Lipinski definition) is 0. The second-order valence-electron chi connectivity index (χ2n) is 5.79. The molecule has 6 heteroatoms. The zero-order valence-electron chi connectivity index (χ0n) is 12.7. The lowest BCUT2D eigenvalue weighted by Gasteiger charge is -2.33. The molecule has 1 atom stereocenters. The highest BCUT2D eigenvalue weighted by atomic mass is 32.2. The van der Waals surface area contributed by atoms with Gasteiger partial charge in [-0.15, -0.1) is 0 Å². The van der Waals surface area contributed by atoms with Crippen LogP contribution in [0.1, 0.15) is 31.3 Å². The molecule has 2 heterocycles. The fraction of sp³-hybridized carbons (Fsp3) is 0.375. The molecule has 0 N–H and O–H groups in total. The number of nitrogens with zero attached hydrogens (tertiary/aromatic N) is 3. The Balaban J connectivity index is 2.07. The molecule has 0 saturated carbocycles. The highest BCUT2D eigenvalue weighted by Gasteiger charge is 2.47. The Kier molecular flexibility index (Phi) is 3.74. The minimum Gasteiger partial charge on any atom is -0.239 e. The molecule has 1 saturated heterocycles. The van der Waals surface area contributed by atoms with Gasteiger partial charge in [0.2, 0.25) is 10.0 Å². The van der Waals surface area contributed by atoms with Crippen LogP contribution in [-0.2, 0) is 15.6 Å². The second kappa shape index (κ2) is 5.44. The van der Waals surface area contributed by atoms with Gasteiger partial charge < -0.3 is 0 Å². The van der Waals surface area contributed by atoms with Crippen molar-refractivity contribution in [3.63, 3.8) is 0 Å². The predicted octanol–water partition coefficient (Wildman–Crippen LogP) is 2.48. The summed E-state index contributed by atoms with van der Waals surface area (Å²) in [6.45, 7) is 4.29. The van der Waals surface area contributed by atoms with Gasteiger partial charge in [-0.05, 0) is 44.9 Å². The Labute approximate surface area is 131 Å². The molecule has 0 radical (unpaired) electrons. The fourth-order valence-electron chi connectivity index (χ4n) is 2.98. The van der Waals surface area contributed by atoms with Crippen LogP contribution < -0.4 is 0 Å². The van der Waals surface area contributed by atoms with E-state index in [0.29, 0.717) is 17.3 Å². The minimum atomic E-state index is -3.55. The monoisotopic (exact) mass is 317 g/mol. The van der Waals surface area contributed by atoms with Crippen molar-refractivity contribution in [1.82, 2.24) is 14.3 Å². The van der Waals surface area contributed by atoms with Gasteiger partial charge in [-0.25, -0.2) is 18.4 Å². The molecule has 116 valence electrons. The molecule has 1 aromatic carbocycles. The Morgan fingerprint density at radius 2 is 1.91 bits per heavy atom. The van der Waals surface area contributed by atoms with E-state index in [1.54, 1.807) is 34.8 Å². The number of benzene rings is 1. The number of sulfonamides is 1. The Morgan fingerprint density at radius 3 is 2.59 bits per heavy atom. The van der Waals surface area contributed by atoms with E-state index in [2.05, 4.69) is 9.97 Å². The van der Waals surface area contributed by atoms with Gasteiger partial charge in [-0.2, -0.15) is 4.31 Å². The maximum Gasteiger partial charge on any atom is 0.243 e. The minimum absolute atomic E-state index is 0.316. The van der Waals surface area contributed by atoms with E-state index in [1.807, 2.05) is 26.0 Å². The summed E-state index contributed by atoms with van der Waals surface area (Å²) in [5.41, 5.74) is 0.149. The third-order valence-electron chi connectivity index (χ3n) is 4.18. The molecule has 0 unspecified atom stereocenters. The van der Waals surface area contributed by atoms with Gasteiger partial charge >= 0.3 is 0 Å². The van der Waals surface area contributed by atoms with Gasteiger partial charge in [0.25, 0.3) is 0 Å². The fourth-order valence-corrected chi connectivity index (χ4v) is 4.80. The summed E-state index contributed by atoms with van der Waals surface area (Å²) in [5.74, 6) is 0.574. The van der Waals surface area contributed by atoms with Gasteiger partial charge in [0.15, 0.2) is 0 Å². The third kappa shape index (κ3) is 2.42. The third-order valence-corrected chi connectivity index (χ3v) is 6.22. The first kappa shape index (κ1) is 15.1. The quantitative estimate of drug-likeness (QED) is 0.872. The van der Waals surface area contributed by atoms with Crippen molar-refractivity contribution in [2.24, 2.45) is 0 Å². The summed E-state index contributed by atoms with van der Waals surface area (Å²) in [6.07, 6.45) is 3.22. The van der Waals surface area contributed by atoms with E-state index in [9.17, 15) is 8.42 Å². The lowest BCUT2D eigenvalue weighted by atomic mass is 9.99. The van der Waals surface area contributed by atoms with Crippen molar-refractivity contribution in [2.45, 2.75) is 37.1 Å². The van der Waals surface area contributed by atoms with Crippen LogP contribution in [0.2, 0.25) is 0 Å². The Bertz CT molecular complexity index is 777. The topological polar surface area (TPSA) is 63.2 Å². The van der Waals surface area contributed by atoms with Gasteiger partial charge in [0, 0.05) is 18.4 Å². The number of aromatic nitrogens is 2. The van der Waals surface area contributed by atoms with E-state index < -0.39 is 15.6 Å². The second-order valence-corrected chi connectivity index (χ2v) is 7.65. The Hall–Kier alpha value is -1.79. The van der Waals surface area contributed by atoms with Crippen LogP contribution in [0.5, 0.6) is 0 Å². The number of hydrogen-bond acceptors (Lipinski definition) is 4. The average molecular weight is 317 g/mol. The molecule has 0 bridgehead atoms. The van der Waals surface area contributed by atoms with Crippen molar-refractivity contribution in [3.05, 3.63) is 54.1 Å². The van der Waals surface area contributed by atoms with E-state index >= 15 is 0 Å². The van der Waals surface area contributed by atoms with Crippen LogP contribution in [0, 0.1) is 6.92 Å². The largest absolute Gasteiger partial charge is 0.243 e. The van der Waals surface area contributed by atoms with Crippen molar-refractivity contribution in [2.75, 3.05) is 6.54 Å². The SMILES string of the molecule is Cc1ccnc([C@@]2(C)CCCN2S(=O)(=O)c2ccccc2)n1. The van der Waals surface area contributed by atoms with E-state index in [0.717, 1.165) is 18.5 Å². The zero-order valence-corrected chi connectivity index (χ0v) is 13.5. The van der Waals surface area contributed by atoms with Crippen LogP contribution in [-0.4, -0.2) is 29.2 Å². The predicted molar refractivity (Wildman–Crippen MR) is 83.7 cm³/mol. The van der Waals surface area contributed by atoms with E-state index in [4.69, 9.17) is 0 Å². The molecule has 1 aromatic heterocycles. The molecular formula is C16H19N3O2S. The molecule has 0 aliphatic carbocycles. The molecule has 5 nitrogen and oxygen atoms in total. The zero-order chi connectivity index (χ0) is 15.8. The van der Waals surface area contributed by atoms with Crippen LogP contribution in [0.25, 0.3) is 0 Å². The van der Waals surface area contributed by atoms with Crippen LogP contribution >= 0.6 is 0 Å². The van der Waals surface area contributed by atoms with Crippen molar-refractivity contribution in [3.8, 4) is 0 Å². The van der Waals surface area contributed by atoms with Crippen molar-refractivity contribution >= 4 is 10.0 Å². The lowest BCUT2D eigenvalue weighted by molar-refractivity contribution is 0.254. The summed E-state index contributed by atoms with van der Waals surface area (Å²) in [4.78, 5) is 9.12. The summed E-state index contributed by atoms with van der Waals surface area (Å²) >= 11 is 0. The molecule has 2 aromatic rings. The van der Waals surface area contributed by atoms with E-state index in [1.165, 1.54) is 0 Å². The molecular weight excluding hydrogens is 298 g/mol. The van der Waals surface area contributed by atoms with Crippen molar-refractivity contribution < 1.29 is 8.42 Å². The normalized spacial score (nSPS) is 22.8. The van der Waals surface area contributed by atoms with Gasteiger partial charge in [-0.3, -0.25) is 0 Å². The molecule has 1 aliphatic rings. The van der Waals surface area contributed by atoms with Gasteiger partial charge in [-0.1, -0.05) is 18.2 Å². The summed E-state index contributed by atoms with van der Waals surface area (Å²) in [7, 11) is -3.55. The van der Waals surface area contributed by atoms with Crippen LogP contribution in [0.15, 0.2) is 47.5 Å². The maximum absolute atomic E-state index is 13.0. The average Bonchev–Trinajstić information content (AvgIpc) is 2.92. The molecule has 22 heavy (non-hydrogen) atoms. The summed E-state index contributed by atoms with van der Waals surface area (Å²) in [6, 6.07) is 10.4. The van der Waals surface area contributed by atoms with E-state index in [-0.39, 0.29) is 0 Å².